The smallest absolute Gasteiger partial charge is 0.254 e. The molecule has 5 aromatic rings. The Morgan fingerprint density at radius 2 is 1.80 bits per heavy atom. The predicted molar refractivity (Wildman–Crippen MR) is 154 cm³/mol. The number of H-pyrrole nitrogens is 1. The molecule has 0 atom stereocenters. The summed E-state index contributed by atoms with van der Waals surface area (Å²) in [5.41, 5.74) is 5.49. The highest BCUT2D eigenvalue weighted by molar-refractivity contribution is 7.90. The summed E-state index contributed by atoms with van der Waals surface area (Å²) in [6.07, 6.45) is 2.85. The van der Waals surface area contributed by atoms with Gasteiger partial charge in [-0.1, -0.05) is 37.3 Å². The van der Waals surface area contributed by atoms with E-state index >= 15 is 4.39 Å². The molecule has 0 spiro atoms. The fourth-order valence-electron chi connectivity index (χ4n) is 5.15. The van der Waals surface area contributed by atoms with E-state index in [1.54, 1.807) is 18.0 Å². The normalized spacial score (nSPS) is 13.5. The van der Waals surface area contributed by atoms with E-state index < -0.39 is 20.5 Å². The second kappa shape index (κ2) is 10.4. The van der Waals surface area contributed by atoms with Crippen LogP contribution in [-0.4, -0.2) is 53.6 Å². The number of imidazole rings is 1. The van der Waals surface area contributed by atoms with Crippen LogP contribution in [0.3, 0.4) is 0 Å². The zero-order chi connectivity index (χ0) is 28.7. The molecule has 2 aromatic heterocycles. The number of rotatable bonds is 5. The van der Waals surface area contributed by atoms with Crippen molar-refractivity contribution in [3.8, 4) is 28.3 Å². The summed E-state index contributed by atoms with van der Waals surface area (Å²) < 4.78 is 45.1. The SMILES string of the molecule is CCc1c(C(=O)N2CCOc3ccc(-c4ccc(-c5nc6ncccc6[nH]5)cc4)cc3C2)ccc(S(C)(=O)=O)c1F. The summed E-state index contributed by atoms with van der Waals surface area (Å²) >= 11 is 0. The molecule has 10 heteroatoms. The van der Waals surface area contributed by atoms with Gasteiger partial charge in [-0.2, -0.15) is 0 Å². The van der Waals surface area contributed by atoms with Crippen molar-refractivity contribution in [2.75, 3.05) is 19.4 Å². The van der Waals surface area contributed by atoms with E-state index in [4.69, 9.17) is 4.74 Å². The first-order valence-electron chi connectivity index (χ1n) is 13.2. The Hall–Kier alpha value is -4.57. The summed E-state index contributed by atoms with van der Waals surface area (Å²) in [6, 6.07) is 20.2. The number of benzene rings is 3. The van der Waals surface area contributed by atoms with Gasteiger partial charge in [0, 0.05) is 41.3 Å². The highest BCUT2D eigenvalue weighted by Crippen LogP contribution is 2.32. The van der Waals surface area contributed by atoms with E-state index in [1.165, 1.54) is 12.1 Å². The number of amides is 1. The number of hydrogen-bond acceptors (Lipinski definition) is 6. The third-order valence-corrected chi connectivity index (χ3v) is 8.38. The summed E-state index contributed by atoms with van der Waals surface area (Å²) in [4.78, 5) is 26.9. The first-order valence-corrected chi connectivity index (χ1v) is 15.1. The van der Waals surface area contributed by atoms with Gasteiger partial charge in [0.05, 0.1) is 12.1 Å². The van der Waals surface area contributed by atoms with Gasteiger partial charge in [-0.3, -0.25) is 4.79 Å². The number of nitrogens with one attached hydrogen (secondary N) is 1. The second-order valence-corrected chi connectivity index (χ2v) is 11.9. The highest BCUT2D eigenvalue weighted by atomic mass is 32.2. The van der Waals surface area contributed by atoms with Crippen LogP contribution < -0.4 is 4.74 Å². The highest BCUT2D eigenvalue weighted by Gasteiger charge is 2.27. The van der Waals surface area contributed by atoms with Crippen molar-refractivity contribution in [1.29, 1.82) is 0 Å². The standard InChI is InChI=1S/C31H27FN4O4S/c1-3-23-24(11-13-27(28(23)32)41(2,38)39)31(37)36-15-16-40-26-12-10-21(17-22(26)18-36)19-6-8-20(9-7-19)29-34-25-5-4-14-33-30(25)35-29/h4-14,17H,3,15-16,18H2,1-2H3,(H,33,34,35). The van der Waals surface area contributed by atoms with Crippen LogP contribution in [0.1, 0.15) is 28.4 Å². The van der Waals surface area contributed by atoms with Crippen LogP contribution in [0.4, 0.5) is 4.39 Å². The molecular formula is C31H27FN4O4S. The third kappa shape index (κ3) is 5.06. The summed E-state index contributed by atoms with van der Waals surface area (Å²) in [7, 11) is -3.76. The molecule has 0 fully saturated rings. The predicted octanol–water partition coefficient (Wildman–Crippen LogP) is 5.43. The molecule has 208 valence electrons. The maximum Gasteiger partial charge on any atom is 0.254 e. The Balaban J connectivity index is 1.27. The molecule has 8 nitrogen and oxygen atoms in total. The molecule has 0 saturated carbocycles. The maximum atomic E-state index is 15.1. The minimum absolute atomic E-state index is 0.0948. The third-order valence-electron chi connectivity index (χ3n) is 7.27. The number of sulfone groups is 1. The number of carbonyl (C=O) groups excluding carboxylic acids is 1. The number of pyridine rings is 1. The largest absolute Gasteiger partial charge is 0.491 e. The molecular weight excluding hydrogens is 543 g/mol. The van der Waals surface area contributed by atoms with Crippen molar-refractivity contribution >= 4 is 26.9 Å². The average Bonchev–Trinajstić information content (AvgIpc) is 3.29. The number of fused-ring (bicyclic) bond motifs is 2. The number of hydrogen-bond donors (Lipinski definition) is 1. The number of aromatic nitrogens is 3. The van der Waals surface area contributed by atoms with E-state index in [0.29, 0.717) is 17.9 Å². The van der Waals surface area contributed by atoms with Gasteiger partial charge in [-0.05, 0) is 53.9 Å². The molecule has 0 aliphatic carbocycles. The lowest BCUT2D eigenvalue weighted by Crippen LogP contribution is -2.33. The second-order valence-electron chi connectivity index (χ2n) is 9.96. The van der Waals surface area contributed by atoms with E-state index in [2.05, 4.69) is 15.0 Å². The van der Waals surface area contributed by atoms with E-state index in [-0.39, 0.29) is 36.6 Å². The van der Waals surface area contributed by atoms with Gasteiger partial charge in [0.2, 0.25) is 0 Å². The Bertz CT molecular complexity index is 1870. The number of halogens is 1. The van der Waals surface area contributed by atoms with Gasteiger partial charge in [0.25, 0.3) is 5.91 Å². The van der Waals surface area contributed by atoms with Crippen molar-refractivity contribution < 1.29 is 22.3 Å². The lowest BCUT2D eigenvalue weighted by atomic mass is 10.00. The Morgan fingerprint density at radius 1 is 1.05 bits per heavy atom. The van der Waals surface area contributed by atoms with Gasteiger partial charge in [0.1, 0.15) is 28.9 Å². The quantitative estimate of drug-likeness (QED) is 0.302. The number of ether oxygens (including phenoxy) is 1. The van der Waals surface area contributed by atoms with Crippen molar-refractivity contribution in [3.63, 3.8) is 0 Å². The van der Waals surface area contributed by atoms with Gasteiger partial charge in [0.15, 0.2) is 15.5 Å². The van der Waals surface area contributed by atoms with Gasteiger partial charge >= 0.3 is 0 Å². The maximum absolute atomic E-state index is 15.1. The zero-order valence-corrected chi connectivity index (χ0v) is 23.3. The minimum atomic E-state index is -3.76. The van der Waals surface area contributed by atoms with Crippen LogP contribution in [-0.2, 0) is 22.8 Å². The molecule has 3 aromatic carbocycles. The van der Waals surface area contributed by atoms with Crippen molar-refractivity contribution in [2.45, 2.75) is 24.8 Å². The Kier molecular flexibility index (Phi) is 6.78. The molecule has 0 unspecified atom stereocenters. The van der Waals surface area contributed by atoms with Crippen LogP contribution in [0.5, 0.6) is 5.75 Å². The Labute approximate surface area is 236 Å². The van der Waals surface area contributed by atoms with Gasteiger partial charge in [-0.25, -0.2) is 22.8 Å². The fourth-order valence-corrected chi connectivity index (χ4v) is 5.92. The molecule has 0 radical (unpaired) electrons. The molecule has 1 N–H and O–H groups in total. The minimum Gasteiger partial charge on any atom is -0.491 e. The van der Waals surface area contributed by atoms with Crippen LogP contribution in [0.15, 0.2) is 77.8 Å². The average molecular weight is 571 g/mol. The van der Waals surface area contributed by atoms with Crippen LogP contribution in [0.25, 0.3) is 33.7 Å². The van der Waals surface area contributed by atoms with Crippen LogP contribution in [0, 0.1) is 5.82 Å². The molecule has 6 rings (SSSR count). The number of carbonyl (C=O) groups is 1. The zero-order valence-electron chi connectivity index (χ0n) is 22.5. The van der Waals surface area contributed by atoms with Gasteiger partial charge < -0.3 is 14.6 Å². The van der Waals surface area contributed by atoms with E-state index in [0.717, 1.165) is 39.9 Å². The first-order chi connectivity index (χ1) is 19.7. The van der Waals surface area contributed by atoms with Crippen molar-refractivity contribution in [3.05, 3.63) is 95.4 Å². The Morgan fingerprint density at radius 3 is 2.54 bits per heavy atom. The van der Waals surface area contributed by atoms with Gasteiger partial charge in [-0.15, -0.1) is 0 Å². The summed E-state index contributed by atoms with van der Waals surface area (Å²) in [6.45, 7) is 2.56. The monoisotopic (exact) mass is 570 g/mol. The number of nitrogens with zero attached hydrogens (tertiary/aromatic N) is 3. The molecule has 41 heavy (non-hydrogen) atoms. The lowest BCUT2D eigenvalue weighted by Gasteiger charge is -2.22. The summed E-state index contributed by atoms with van der Waals surface area (Å²) in [5.74, 6) is 0.191. The van der Waals surface area contributed by atoms with Crippen molar-refractivity contribution in [2.24, 2.45) is 0 Å². The lowest BCUT2D eigenvalue weighted by molar-refractivity contribution is 0.0731. The first kappa shape index (κ1) is 26.6. The molecule has 1 aliphatic rings. The molecule has 0 bridgehead atoms. The molecule has 3 heterocycles. The molecule has 1 amide bonds. The van der Waals surface area contributed by atoms with E-state index in [9.17, 15) is 13.2 Å². The number of aromatic amines is 1. The van der Waals surface area contributed by atoms with E-state index in [1.807, 2.05) is 54.6 Å². The molecule has 1 aliphatic heterocycles. The molecule has 0 saturated heterocycles. The topological polar surface area (TPSA) is 105 Å². The van der Waals surface area contributed by atoms with Crippen molar-refractivity contribution in [1.82, 2.24) is 19.9 Å². The van der Waals surface area contributed by atoms with Crippen LogP contribution in [0.2, 0.25) is 0 Å². The van der Waals surface area contributed by atoms with Crippen LogP contribution >= 0.6 is 0 Å². The fraction of sp³-hybridized carbons (Fsp3) is 0.194. The summed E-state index contributed by atoms with van der Waals surface area (Å²) in [5, 5.41) is 0.